The zero-order valence-electron chi connectivity index (χ0n) is 11.0. The Morgan fingerprint density at radius 3 is 2.26 bits per heavy atom. The van der Waals surface area contributed by atoms with Crippen LogP contribution in [0.2, 0.25) is 6.55 Å². The van der Waals surface area contributed by atoms with E-state index in [1.807, 2.05) is 6.55 Å². The normalized spacial score (nSPS) is 11.6. The monoisotopic (exact) mass is 285 g/mol. The van der Waals surface area contributed by atoms with Gasteiger partial charge in [0.25, 0.3) is 0 Å². The van der Waals surface area contributed by atoms with Crippen molar-refractivity contribution in [2.24, 2.45) is 5.73 Å². The molecule has 0 aliphatic rings. The summed E-state index contributed by atoms with van der Waals surface area (Å²) in [4.78, 5) is 29.4. The van der Waals surface area contributed by atoms with Crippen molar-refractivity contribution < 1.29 is 24.2 Å². The Morgan fingerprint density at radius 2 is 1.84 bits per heavy atom. The molecule has 0 spiro atoms. The average Bonchev–Trinajstić information content (AvgIpc) is 2.32. The molecule has 0 aliphatic carbocycles. The van der Waals surface area contributed by atoms with Crippen molar-refractivity contribution in [1.82, 2.24) is 0 Å². The summed E-state index contributed by atoms with van der Waals surface area (Å²) in [5.74, 6) is -1.28. The van der Waals surface area contributed by atoms with Crippen LogP contribution in [0.1, 0.15) is 12.5 Å². The summed E-state index contributed by atoms with van der Waals surface area (Å²) in [6.45, 7) is 2.96. The Kier molecular flexibility index (Phi) is 8.43. The van der Waals surface area contributed by atoms with Crippen LogP contribution in [0.3, 0.4) is 0 Å². The summed E-state index contributed by atoms with van der Waals surface area (Å²) in [5.41, 5.74) is 6.33. The summed E-state index contributed by atoms with van der Waals surface area (Å²) in [5, 5.41) is 9.05. The van der Waals surface area contributed by atoms with Gasteiger partial charge >= 0.3 is 11.9 Å². The molecular weight excluding hydrogens is 266 g/mol. The largest absolute Gasteiger partial charge is 0.508 e. The Labute approximate surface area is 114 Å². The van der Waals surface area contributed by atoms with E-state index in [0.29, 0.717) is 0 Å². The van der Waals surface area contributed by atoms with Crippen molar-refractivity contribution in [3.8, 4) is 5.75 Å². The van der Waals surface area contributed by atoms with Crippen molar-refractivity contribution in [2.75, 3.05) is 0 Å². The van der Waals surface area contributed by atoms with Crippen LogP contribution in [0.15, 0.2) is 24.3 Å². The number of carbonyl (C=O) groups excluding carboxylic acids is 2. The van der Waals surface area contributed by atoms with Crippen LogP contribution >= 0.6 is 0 Å². The Hall–Kier alpha value is -1.70. The predicted molar refractivity (Wildman–Crippen MR) is 73.2 cm³/mol. The van der Waals surface area contributed by atoms with Gasteiger partial charge in [-0.25, -0.2) is 4.79 Å². The number of nitrogens with two attached hydrogens (primary N) is 1. The molecule has 0 saturated heterocycles. The van der Waals surface area contributed by atoms with E-state index >= 15 is 0 Å². The van der Waals surface area contributed by atoms with Gasteiger partial charge in [-0.15, -0.1) is 0 Å². The molecule has 1 rings (SSSR count). The second-order valence-corrected chi connectivity index (χ2v) is 4.34. The highest BCUT2D eigenvalue weighted by Gasteiger charge is 2.17. The molecule has 1 aromatic rings. The molecule has 0 bridgehead atoms. The van der Waals surface area contributed by atoms with Crippen LogP contribution in [0, 0.1) is 0 Å². The van der Waals surface area contributed by atoms with Gasteiger partial charge < -0.3 is 20.4 Å². The van der Waals surface area contributed by atoms with E-state index in [9.17, 15) is 9.59 Å². The van der Waals surface area contributed by atoms with Crippen LogP contribution in [0.5, 0.6) is 5.75 Å². The minimum atomic E-state index is -0.881. The van der Waals surface area contributed by atoms with Crippen molar-refractivity contribution >= 4 is 21.7 Å². The van der Waals surface area contributed by atoms with Gasteiger partial charge in [-0.2, -0.15) is 0 Å². The average molecular weight is 285 g/mol. The van der Waals surface area contributed by atoms with Gasteiger partial charge in [0.05, 0.1) is 0 Å². The third-order valence-corrected chi connectivity index (χ3v) is 1.94. The molecule has 0 saturated carbocycles. The summed E-state index contributed by atoms with van der Waals surface area (Å²) >= 11 is 0. The minimum Gasteiger partial charge on any atom is -0.508 e. The van der Waals surface area contributed by atoms with E-state index in [0.717, 1.165) is 12.5 Å². The van der Waals surface area contributed by atoms with Crippen LogP contribution in [0.4, 0.5) is 0 Å². The number of esters is 2. The van der Waals surface area contributed by atoms with Gasteiger partial charge in [0.15, 0.2) is 9.76 Å². The third kappa shape index (κ3) is 8.09. The number of ether oxygens (including phenoxy) is 1. The molecule has 4 N–H and O–H groups in total. The summed E-state index contributed by atoms with van der Waals surface area (Å²) in [6, 6.07) is 5.41. The highest BCUT2D eigenvalue weighted by Crippen LogP contribution is 2.11. The molecule has 6 nitrogen and oxygen atoms in total. The molecular formula is C12H19NO5Si. The zero-order chi connectivity index (χ0) is 14.8. The second kappa shape index (κ2) is 9.26. The van der Waals surface area contributed by atoms with E-state index in [4.69, 9.17) is 15.6 Å². The first kappa shape index (κ1) is 17.3. The van der Waals surface area contributed by atoms with Crippen molar-refractivity contribution in [2.45, 2.75) is 25.9 Å². The lowest BCUT2D eigenvalue weighted by Gasteiger charge is -2.09. The van der Waals surface area contributed by atoms with Gasteiger partial charge in [0.1, 0.15) is 11.8 Å². The molecule has 0 amide bonds. The standard InChI is InChI=1S/C11H13NO4.CH6OSi/c1-7(13)16-11(15)10(12)6-8-2-4-9(14)5-3-8;1-3-2/h2-5,10,14H,6,12H2,1H3;2H,3H2,1H3/t10-;/m0./s1. The molecule has 1 aromatic carbocycles. The number of rotatable bonds is 3. The fraction of sp³-hybridized carbons (Fsp3) is 0.333. The van der Waals surface area contributed by atoms with Crippen LogP contribution < -0.4 is 5.73 Å². The second-order valence-electron chi connectivity index (χ2n) is 3.71. The predicted octanol–water partition coefficient (Wildman–Crippen LogP) is -0.538. The molecule has 0 fully saturated rings. The van der Waals surface area contributed by atoms with Crippen molar-refractivity contribution in [3.05, 3.63) is 29.8 Å². The van der Waals surface area contributed by atoms with Gasteiger partial charge in [-0.3, -0.25) is 4.79 Å². The van der Waals surface area contributed by atoms with Crippen LogP contribution in [-0.4, -0.2) is 37.6 Å². The zero-order valence-corrected chi connectivity index (χ0v) is 12.4. The van der Waals surface area contributed by atoms with E-state index in [2.05, 4.69) is 4.74 Å². The lowest BCUT2D eigenvalue weighted by molar-refractivity contribution is -0.159. The Morgan fingerprint density at radius 1 is 1.37 bits per heavy atom. The highest BCUT2D eigenvalue weighted by molar-refractivity contribution is 6.22. The van der Waals surface area contributed by atoms with Crippen molar-refractivity contribution in [1.29, 1.82) is 0 Å². The first-order valence-electron chi connectivity index (χ1n) is 5.77. The van der Waals surface area contributed by atoms with E-state index in [-0.39, 0.29) is 12.2 Å². The molecule has 0 radical (unpaired) electrons. The van der Waals surface area contributed by atoms with Crippen LogP contribution in [-0.2, 0) is 20.7 Å². The fourth-order valence-corrected chi connectivity index (χ4v) is 1.19. The number of hydrogen-bond acceptors (Lipinski definition) is 6. The summed E-state index contributed by atoms with van der Waals surface area (Å²) < 4.78 is 4.36. The molecule has 0 unspecified atom stereocenters. The van der Waals surface area contributed by atoms with Gasteiger partial charge in [-0.1, -0.05) is 18.7 Å². The number of phenols is 1. The van der Waals surface area contributed by atoms with Crippen molar-refractivity contribution in [3.63, 3.8) is 0 Å². The number of benzene rings is 1. The molecule has 0 heterocycles. The number of aromatic hydroxyl groups is 1. The van der Waals surface area contributed by atoms with E-state index < -0.39 is 27.7 Å². The quantitative estimate of drug-likeness (QED) is 0.391. The SMILES string of the molecule is CC(=O)OC(=O)[C@@H](N)Cc1ccc(O)cc1.C[SiH2]O. The Balaban J connectivity index is 0.000000982. The van der Waals surface area contributed by atoms with Gasteiger partial charge in [0.2, 0.25) is 0 Å². The number of carbonyl (C=O) groups is 2. The topological polar surface area (TPSA) is 110 Å². The maximum Gasteiger partial charge on any atom is 0.330 e. The molecule has 1 atom stereocenters. The smallest absolute Gasteiger partial charge is 0.330 e. The minimum absolute atomic E-state index is 0.142. The Bertz CT molecular complexity index is 407. The van der Waals surface area contributed by atoms with E-state index in [1.54, 1.807) is 12.1 Å². The molecule has 19 heavy (non-hydrogen) atoms. The molecule has 0 aromatic heterocycles. The maximum absolute atomic E-state index is 11.2. The van der Waals surface area contributed by atoms with Gasteiger partial charge in [-0.05, 0) is 24.1 Å². The lowest BCUT2D eigenvalue weighted by Crippen LogP contribution is -2.35. The maximum atomic E-state index is 11.2. The summed E-state index contributed by atoms with van der Waals surface area (Å²) in [7, 11) is -0.583. The highest BCUT2D eigenvalue weighted by atomic mass is 28.2. The fourth-order valence-electron chi connectivity index (χ4n) is 1.19. The molecule has 106 valence electrons. The lowest BCUT2D eigenvalue weighted by atomic mass is 10.1. The first-order valence-corrected chi connectivity index (χ1v) is 7.82. The van der Waals surface area contributed by atoms with E-state index in [1.165, 1.54) is 12.1 Å². The molecule has 0 aliphatic heterocycles. The number of hydrogen-bond donors (Lipinski definition) is 3. The molecule has 7 heteroatoms. The third-order valence-electron chi connectivity index (χ3n) is 1.94. The van der Waals surface area contributed by atoms with Gasteiger partial charge in [0, 0.05) is 6.92 Å². The number of phenolic OH excluding ortho intramolecular Hbond substituents is 1. The first-order chi connectivity index (χ1) is 8.90. The summed E-state index contributed by atoms with van der Waals surface area (Å²) in [6.07, 6.45) is 0.256. The van der Waals surface area contributed by atoms with Crippen LogP contribution in [0.25, 0.3) is 0 Å².